The number of H-pyrrole nitrogens is 1. The smallest absolute Gasteiger partial charge is 0.407 e. The first-order chi connectivity index (χ1) is 20.1. The van der Waals surface area contributed by atoms with Crippen molar-refractivity contribution in [3.8, 4) is 11.1 Å². The van der Waals surface area contributed by atoms with Crippen molar-refractivity contribution in [2.24, 2.45) is 0 Å². The molecule has 9 nitrogen and oxygen atoms in total. The number of aliphatic hydroxyl groups excluding tert-OH is 1. The number of alkyl carbamates (subject to hydrolysis) is 1. The zero-order chi connectivity index (χ0) is 28.4. The topological polar surface area (TPSA) is 119 Å². The largest absolute Gasteiger partial charge is 0.445 e. The Morgan fingerprint density at radius 3 is 2.61 bits per heavy atom. The van der Waals surface area contributed by atoms with Crippen molar-refractivity contribution < 1.29 is 24.1 Å². The van der Waals surface area contributed by atoms with E-state index in [1.165, 1.54) is 12.4 Å². The molecule has 1 aliphatic rings. The molecule has 3 N–H and O–H groups in total. The van der Waals surface area contributed by atoms with Gasteiger partial charge in [-0.15, -0.1) is 0 Å². The Morgan fingerprint density at radius 1 is 1.10 bits per heavy atom. The highest BCUT2D eigenvalue weighted by molar-refractivity contribution is 7.99. The number of hydrogen-bond donors (Lipinski definition) is 3. The second-order valence-corrected chi connectivity index (χ2v) is 10.5. The number of nitrogens with one attached hydrogen (secondary N) is 2. The number of carbonyl (C=O) groups is 1. The maximum absolute atomic E-state index is 11.9. The number of aromatic amines is 1. The number of ether oxygens (including phenoxy) is 3. The molecule has 4 aromatic rings. The fourth-order valence-electron chi connectivity index (χ4n) is 4.59. The van der Waals surface area contributed by atoms with E-state index in [9.17, 15) is 9.90 Å². The summed E-state index contributed by atoms with van der Waals surface area (Å²) in [4.78, 5) is 16.1. The first-order valence-corrected chi connectivity index (χ1v) is 14.3. The quantitative estimate of drug-likeness (QED) is 0.154. The van der Waals surface area contributed by atoms with Gasteiger partial charge in [0.15, 0.2) is 11.4 Å². The number of carbonyl (C=O) groups excluding carboxylic acids is 1. The van der Waals surface area contributed by atoms with Gasteiger partial charge in [-0.3, -0.25) is 5.10 Å². The van der Waals surface area contributed by atoms with Gasteiger partial charge in [0.1, 0.15) is 12.9 Å². The summed E-state index contributed by atoms with van der Waals surface area (Å²) in [5.41, 5.74) is 5.79. The van der Waals surface area contributed by atoms with Crippen molar-refractivity contribution in [3.63, 3.8) is 0 Å². The lowest BCUT2D eigenvalue weighted by Crippen LogP contribution is -2.31. The van der Waals surface area contributed by atoms with E-state index in [1.807, 2.05) is 72.8 Å². The van der Waals surface area contributed by atoms with Crippen LogP contribution in [-0.4, -0.2) is 44.8 Å². The molecule has 0 unspecified atom stereocenters. The fraction of sp³-hybridized carbons (Fsp3) is 0.258. The lowest BCUT2D eigenvalue weighted by molar-refractivity contribution is -0.245. The van der Waals surface area contributed by atoms with E-state index < -0.39 is 12.4 Å². The second kappa shape index (κ2) is 14.1. The van der Waals surface area contributed by atoms with Crippen molar-refractivity contribution in [2.75, 3.05) is 12.4 Å². The minimum Gasteiger partial charge on any atom is -0.445 e. The van der Waals surface area contributed by atoms with Crippen LogP contribution in [0.2, 0.25) is 0 Å². The Morgan fingerprint density at radius 2 is 1.88 bits per heavy atom. The van der Waals surface area contributed by atoms with Crippen LogP contribution in [0.5, 0.6) is 0 Å². The third-order valence-electron chi connectivity index (χ3n) is 6.68. The molecule has 1 fully saturated rings. The summed E-state index contributed by atoms with van der Waals surface area (Å²) in [6.45, 7) is 4.05. The molecular weight excluding hydrogens is 540 g/mol. The van der Waals surface area contributed by atoms with Crippen LogP contribution < -0.4 is 5.32 Å². The first-order valence-electron chi connectivity index (χ1n) is 13.3. The SMILES string of the molecule is C=CCOC(=O)NCc1ccccc1-c1ccc([C@@H]2O[C@H](CSc3ncn[nH]3)C[C@H](c3ccc(CO)cc3)O2)cc1. The molecular formula is C31H32N4O5S. The van der Waals surface area contributed by atoms with Crippen LogP contribution in [0.1, 0.15) is 41.1 Å². The fourth-order valence-corrected chi connectivity index (χ4v) is 5.38. The number of amides is 1. The van der Waals surface area contributed by atoms with E-state index in [0.717, 1.165) is 38.5 Å². The molecule has 0 spiro atoms. The summed E-state index contributed by atoms with van der Waals surface area (Å²) in [6, 6.07) is 23.9. The highest BCUT2D eigenvalue weighted by Gasteiger charge is 2.32. The second-order valence-electron chi connectivity index (χ2n) is 9.47. The maximum Gasteiger partial charge on any atom is 0.407 e. The molecule has 0 aliphatic carbocycles. The van der Waals surface area contributed by atoms with Gasteiger partial charge in [-0.05, 0) is 27.8 Å². The summed E-state index contributed by atoms with van der Waals surface area (Å²) in [5, 5.41) is 19.8. The number of rotatable bonds is 11. The van der Waals surface area contributed by atoms with E-state index in [2.05, 4.69) is 27.1 Å². The molecule has 212 valence electrons. The molecule has 2 heterocycles. The van der Waals surface area contributed by atoms with E-state index in [1.54, 1.807) is 11.8 Å². The summed E-state index contributed by atoms with van der Waals surface area (Å²) in [5.74, 6) is 0.688. The molecule has 41 heavy (non-hydrogen) atoms. The number of aliphatic hydroxyl groups is 1. The van der Waals surface area contributed by atoms with Crippen molar-refractivity contribution in [1.82, 2.24) is 20.5 Å². The first kappa shape index (κ1) is 28.6. The lowest BCUT2D eigenvalue weighted by atomic mass is 9.98. The van der Waals surface area contributed by atoms with E-state index >= 15 is 0 Å². The molecule has 0 saturated carbocycles. The van der Waals surface area contributed by atoms with Crippen molar-refractivity contribution >= 4 is 17.9 Å². The number of aromatic nitrogens is 3. The summed E-state index contributed by atoms with van der Waals surface area (Å²) < 4.78 is 17.9. The minimum atomic E-state index is -0.558. The van der Waals surface area contributed by atoms with E-state index in [0.29, 0.717) is 18.7 Å². The van der Waals surface area contributed by atoms with Gasteiger partial charge in [0.25, 0.3) is 0 Å². The summed E-state index contributed by atoms with van der Waals surface area (Å²) >= 11 is 1.56. The van der Waals surface area contributed by atoms with Gasteiger partial charge in [-0.1, -0.05) is 97.2 Å². The van der Waals surface area contributed by atoms with Crippen molar-refractivity contribution in [2.45, 2.75) is 43.2 Å². The standard InChI is InChI=1S/C31H32N4O5S/c1-2-15-38-31(37)32-17-25-5-3-4-6-27(25)22-11-13-24(14-12-22)29-39-26(19-41-30-33-20-34-35-30)16-28(40-29)23-9-7-21(18-36)8-10-23/h2-14,20,26,28-29,36H,1,15-19H2,(H,32,37)(H,33,34,35)/t26-,28+,29+/m0/s1. The highest BCUT2D eigenvalue weighted by Crippen LogP contribution is 2.39. The molecule has 0 bridgehead atoms. The number of hydrogen-bond acceptors (Lipinski definition) is 8. The Hall–Kier alpha value is -3.96. The average molecular weight is 573 g/mol. The Balaban J connectivity index is 1.32. The lowest BCUT2D eigenvalue weighted by Gasteiger charge is -2.36. The van der Waals surface area contributed by atoms with Crippen molar-refractivity contribution in [1.29, 1.82) is 0 Å². The molecule has 10 heteroatoms. The molecule has 3 aromatic carbocycles. The van der Waals surface area contributed by atoms with Gasteiger partial charge in [-0.25, -0.2) is 9.78 Å². The Bertz CT molecular complexity index is 1410. The number of thioether (sulfide) groups is 1. The summed E-state index contributed by atoms with van der Waals surface area (Å²) in [7, 11) is 0. The number of nitrogens with zero attached hydrogens (tertiary/aromatic N) is 2. The maximum atomic E-state index is 11.9. The third kappa shape index (κ3) is 7.62. The molecule has 1 aromatic heterocycles. The van der Waals surface area contributed by atoms with Gasteiger partial charge in [-0.2, -0.15) is 5.10 Å². The van der Waals surface area contributed by atoms with Crippen LogP contribution in [0.3, 0.4) is 0 Å². The molecule has 3 atom stereocenters. The monoisotopic (exact) mass is 572 g/mol. The number of benzene rings is 3. The predicted octanol–water partition coefficient (Wildman–Crippen LogP) is 5.71. The predicted molar refractivity (Wildman–Crippen MR) is 156 cm³/mol. The van der Waals surface area contributed by atoms with Crippen LogP contribution in [0.25, 0.3) is 11.1 Å². The molecule has 1 saturated heterocycles. The van der Waals surface area contributed by atoms with Crippen LogP contribution >= 0.6 is 11.8 Å². The minimum absolute atomic E-state index is 0.00107. The molecule has 0 radical (unpaired) electrons. The average Bonchev–Trinajstić information content (AvgIpc) is 3.56. The zero-order valence-electron chi connectivity index (χ0n) is 22.4. The molecule has 1 amide bonds. The van der Waals surface area contributed by atoms with Gasteiger partial charge >= 0.3 is 6.09 Å². The molecule has 5 rings (SSSR count). The van der Waals surface area contributed by atoms with Crippen LogP contribution in [0, 0.1) is 0 Å². The van der Waals surface area contributed by atoms with Gasteiger partial charge in [0.2, 0.25) is 0 Å². The van der Waals surface area contributed by atoms with Crippen LogP contribution in [-0.2, 0) is 27.4 Å². The summed E-state index contributed by atoms with van der Waals surface area (Å²) in [6.07, 6.45) is 2.40. The normalized spacial score (nSPS) is 18.5. The van der Waals surface area contributed by atoms with E-state index in [-0.39, 0.29) is 25.4 Å². The van der Waals surface area contributed by atoms with Crippen molar-refractivity contribution in [3.05, 3.63) is 114 Å². The zero-order valence-corrected chi connectivity index (χ0v) is 23.3. The van der Waals surface area contributed by atoms with Gasteiger partial charge < -0.3 is 24.6 Å². The van der Waals surface area contributed by atoms with Gasteiger partial charge in [0, 0.05) is 24.3 Å². The van der Waals surface area contributed by atoms with Gasteiger partial charge in [0.05, 0.1) is 18.8 Å². The highest BCUT2D eigenvalue weighted by atomic mass is 32.2. The Labute approximate surface area is 243 Å². The van der Waals surface area contributed by atoms with E-state index in [4.69, 9.17) is 14.2 Å². The molecule has 1 aliphatic heterocycles. The third-order valence-corrected chi connectivity index (χ3v) is 7.69. The van der Waals surface area contributed by atoms with Crippen LogP contribution in [0.4, 0.5) is 4.79 Å². The Kier molecular flexibility index (Phi) is 9.82. The van der Waals surface area contributed by atoms with Crippen LogP contribution in [0.15, 0.2) is 96.9 Å².